The maximum atomic E-state index is 13.0. The van der Waals surface area contributed by atoms with Crippen LogP contribution in [0.5, 0.6) is 0 Å². The van der Waals surface area contributed by atoms with Crippen molar-refractivity contribution < 1.29 is 22.7 Å². The second-order valence-electron chi connectivity index (χ2n) is 3.88. The Hall–Kier alpha value is -1.63. The number of hydrogen-bond acceptors (Lipinski definition) is 4. The summed E-state index contributed by atoms with van der Waals surface area (Å²) in [6.07, 6.45) is 0. The second-order valence-corrected chi connectivity index (χ2v) is 5.92. The van der Waals surface area contributed by atoms with Crippen LogP contribution in [0.1, 0.15) is 6.92 Å². The number of aliphatic carboxylic acids is 1. The maximum Gasteiger partial charge on any atom is 0.324 e. The molecular weight excluding hydrogens is 249 g/mol. The van der Waals surface area contributed by atoms with Crippen LogP contribution in [0.3, 0.4) is 0 Å². The van der Waals surface area contributed by atoms with Crippen LogP contribution in [0.2, 0.25) is 0 Å². The number of rotatable bonds is 1. The fourth-order valence-electron chi connectivity index (χ4n) is 1.94. The van der Waals surface area contributed by atoms with Gasteiger partial charge in [0.15, 0.2) is 15.1 Å². The summed E-state index contributed by atoms with van der Waals surface area (Å²) in [4.78, 5) is 10.8. The highest BCUT2D eigenvalue weighted by molar-refractivity contribution is 7.93. The zero-order valence-electron chi connectivity index (χ0n) is 8.84. The molecule has 1 aromatic rings. The van der Waals surface area contributed by atoms with Gasteiger partial charge in [-0.15, -0.1) is 0 Å². The first kappa shape index (κ1) is 11.8. The Morgan fingerprint density at radius 1 is 1.47 bits per heavy atom. The van der Waals surface area contributed by atoms with Crippen molar-refractivity contribution in [1.29, 1.82) is 0 Å². The Morgan fingerprint density at radius 3 is 2.71 bits per heavy atom. The molecule has 2 atom stereocenters. The molecule has 2 N–H and O–H groups in total. The van der Waals surface area contributed by atoms with E-state index in [-0.39, 0.29) is 10.6 Å². The summed E-state index contributed by atoms with van der Waals surface area (Å²) in [5, 5.41) is 10.1. The van der Waals surface area contributed by atoms with Crippen LogP contribution in [0, 0.1) is 5.82 Å². The normalized spacial score (nSPS) is 25.8. The average Bonchev–Trinajstić information content (AvgIpc) is 2.14. The Kier molecular flexibility index (Phi) is 2.57. The monoisotopic (exact) mass is 259 g/mol. The molecule has 1 heterocycles. The summed E-state index contributed by atoms with van der Waals surface area (Å²) >= 11 is 0. The van der Waals surface area contributed by atoms with Gasteiger partial charge < -0.3 is 10.4 Å². The van der Waals surface area contributed by atoms with E-state index in [0.717, 1.165) is 18.2 Å². The minimum absolute atomic E-state index is 0.106. The first-order valence-electron chi connectivity index (χ1n) is 4.87. The lowest BCUT2D eigenvalue weighted by atomic mass is 10.2. The third kappa shape index (κ3) is 1.76. The van der Waals surface area contributed by atoms with E-state index in [1.165, 1.54) is 6.92 Å². The highest BCUT2D eigenvalue weighted by Crippen LogP contribution is 2.33. The summed E-state index contributed by atoms with van der Waals surface area (Å²) in [5.74, 6) is -1.99. The Balaban J connectivity index is 2.66. The number of hydrogen-bond donors (Lipinski definition) is 2. The van der Waals surface area contributed by atoms with E-state index in [1.807, 2.05) is 0 Å². The smallest absolute Gasteiger partial charge is 0.324 e. The van der Waals surface area contributed by atoms with E-state index in [9.17, 15) is 17.6 Å². The molecule has 5 nitrogen and oxygen atoms in total. The Bertz CT molecular complexity index is 584. The van der Waals surface area contributed by atoms with Crippen LogP contribution in [0.4, 0.5) is 10.1 Å². The van der Waals surface area contributed by atoms with Gasteiger partial charge in [-0.3, -0.25) is 4.79 Å². The Morgan fingerprint density at radius 2 is 2.12 bits per heavy atom. The predicted molar refractivity (Wildman–Crippen MR) is 58.1 cm³/mol. The lowest BCUT2D eigenvalue weighted by Crippen LogP contribution is -2.46. The van der Waals surface area contributed by atoms with Crippen molar-refractivity contribution in [3.05, 3.63) is 24.0 Å². The molecule has 0 saturated carbocycles. The summed E-state index contributed by atoms with van der Waals surface area (Å²) in [5.41, 5.74) is 0.106. The molecule has 0 amide bonds. The summed E-state index contributed by atoms with van der Waals surface area (Å²) < 4.78 is 37.0. The van der Waals surface area contributed by atoms with Gasteiger partial charge in [-0.25, -0.2) is 12.8 Å². The molecule has 0 bridgehead atoms. The molecule has 17 heavy (non-hydrogen) atoms. The van der Waals surface area contributed by atoms with Gasteiger partial charge in [0, 0.05) is 0 Å². The summed E-state index contributed by atoms with van der Waals surface area (Å²) in [6.45, 7) is 1.43. The zero-order valence-corrected chi connectivity index (χ0v) is 9.66. The molecule has 1 aromatic carbocycles. The van der Waals surface area contributed by atoms with Crippen LogP contribution in [0.25, 0.3) is 0 Å². The molecule has 2 rings (SSSR count). The number of carboxylic acids is 1. The first-order valence-corrected chi connectivity index (χ1v) is 6.41. The maximum absolute atomic E-state index is 13.0. The van der Waals surface area contributed by atoms with Crippen molar-refractivity contribution in [2.24, 2.45) is 0 Å². The standard InChI is InChI=1S/C10H10FNO4S/c1-5-9(10(13)14)17(15,16)8-3-2-6(11)4-7(8)12-5/h2-5,9,12H,1H3,(H,13,14). The van der Waals surface area contributed by atoms with Crippen molar-refractivity contribution in [2.75, 3.05) is 5.32 Å². The molecule has 0 fully saturated rings. The minimum Gasteiger partial charge on any atom is -0.480 e. The average molecular weight is 259 g/mol. The van der Waals surface area contributed by atoms with E-state index in [1.54, 1.807) is 0 Å². The van der Waals surface area contributed by atoms with Gasteiger partial charge in [0.2, 0.25) is 0 Å². The van der Waals surface area contributed by atoms with Crippen LogP contribution in [-0.4, -0.2) is 30.8 Å². The number of nitrogens with one attached hydrogen (secondary N) is 1. The van der Waals surface area contributed by atoms with Gasteiger partial charge in [-0.2, -0.15) is 0 Å². The fourth-order valence-corrected chi connectivity index (χ4v) is 3.76. The number of carbonyl (C=O) groups is 1. The highest BCUT2D eigenvalue weighted by atomic mass is 32.2. The number of benzene rings is 1. The zero-order chi connectivity index (χ0) is 12.8. The number of fused-ring (bicyclic) bond motifs is 1. The summed E-state index contributed by atoms with van der Waals surface area (Å²) in [6, 6.07) is 2.30. The quantitative estimate of drug-likeness (QED) is 0.731. The van der Waals surface area contributed by atoms with Gasteiger partial charge in [-0.05, 0) is 25.1 Å². The summed E-state index contributed by atoms with van der Waals surface area (Å²) in [7, 11) is -3.98. The molecule has 0 aliphatic carbocycles. The largest absolute Gasteiger partial charge is 0.480 e. The molecule has 0 saturated heterocycles. The topological polar surface area (TPSA) is 83.5 Å². The van der Waals surface area contributed by atoms with Crippen molar-refractivity contribution in [3.8, 4) is 0 Å². The molecule has 0 aromatic heterocycles. The van der Waals surface area contributed by atoms with E-state index < -0.39 is 32.9 Å². The molecule has 1 aliphatic rings. The lowest BCUT2D eigenvalue weighted by Gasteiger charge is -2.29. The van der Waals surface area contributed by atoms with Crippen LogP contribution >= 0.6 is 0 Å². The molecule has 1 aliphatic heterocycles. The number of sulfone groups is 1. The van der Waals surface area contributed by atoms with E-state index in [0.29, 0.717) is 0 Å². The fraction of sp³-hybridized carbons (Fsp3) is 0.300. The molecule has 92 valence electrons. The van der Waals surface area contributed by atoms with Crippen molar-refractivity contribution >= 4 is 21.5 Å². The number of halogens is 1. The molecule has 0 spiro atoms. The van der Waals surface area contributed by atoms with Crippen LogP contribution < -0.4 is 5.32 Å². The molecule has 7 heteroatoms. The van der Waals surface area contributed by atoms with Crippen molar-refractivity contribution in [1.82, 2.24) is 0 Å². The third-order valence-electron chi connectivity index (χ3n) is 2.66. The van der Waals surface area contributed by atoms with E-state index in [4.69, 9.17) is 5.11 Å². The van der Waals surface area contributed by atoms with Gasteiger partial charge in [0.05, 0.1) is 16.6 Å². The first-order chi connectivity index (χ1) is 7.84. The minimum atomic E-state index is -3.98. The van der Waals surface area contributed by atoms with Gasteiger partial charge in [-0.1, -0.05) is 0 Å². The third-order valence-corrected chi connectivity index (χ3v) is 4.91. The van der Waals surface area contributed by atoms with Gasteiger partial charge in [0.25, 0.3) is 0 Å². The Labute approximate surface area is 97.2 Å². The molecule has 2 unspecified atom stereocenters. The number of carboxylic acid groups (broad SMARTS) is 1. The van der Waals surface area contributed by atoms with Gasteiger partial charge in [0.1, 0.15) is 5.82 Å². The van der Waals surface area contributed by atoms with E-state index >= 15 is 0 Å². The van der Waals surface area contributed by atoms with Crippen LogP contribution in [-0.2, 0) is 14.6 Å². The molecular formula is C10H10FNO4S. The predicted octanol–water partition coefficient (Wildman–Crippen LogP) is 0.867. The molecule has 0 radical (unpaired) electrons. The van der Waals surface area contributed by atoms with E-state index in [2.05, 4.69) is 5.32 Å². The van der Waals surface area contributed by atoms with Crippen molar-refractivity contribution in [2.45, 2.75) is 23.1 Å². The van der Waals surface area contributed by atoms with Crippen LogP contribution in [0.15, 0.2) is 23.1 Å². The lowest BCUT2D eigenvalue weighted by molar-refractivity contribution is -0.136. The van der Waals surface area contributed by atoms with Gasteiger partial charge >= 0.3 is 5.97 Å². The number of anilines is 1. The highest BCUT2D eigenvalue weighted by Gasteiger charge is 2.43. The van der Waals surface area contributed by atoms with Crippen molar-refractivity contribution in [3.63, 3.8) is 0 Å². The second kappa shape index (κ2) is 3.69. The SMILES string of the molecule is CC1Nc2cc(F)ccc2S(=O)(=O)C1C(=O)O.